The Hall–Kier alpha value is -1.32. The summed E-state index contributed by atoms with van der Waals surface area (Å²) >= 11 is 0. The van der Waals surface area contributed by atoms with Gasteiger partial charge in [-0.05, 0) is 31.7 Å². The molecular formula is C16H26N4. The summed E-state index contributed by atoms with van der Waals surface area (Å²) in [4.78, 5) is 8.99. The molecule has 1 heterocycles. The molecule has 0 spiro atoms. The fraction of sp³-hybridized carbons (Fsp3) is 0.750. The average molecular weight is 274 g/mol. The van der Waals surface area contributed by atoms with Gasteiger partial charge in [-0.2, -0.15) is 4.98 Å². The lowest BCUT2D eigenvalue weighted by Gasteiger charge is -2.24. The van der Waals surface area contributed by atoms with Crippen LogP contribution in [0.2, 0.25) is 0 Å². The number of anilines is 2. The third-order valence-electron chi connectivity index (χ3n) is 4.55. The number of nitrogens with one attached hydrogen (secondary N) is 2. The molecule has 20 heavy (non-hydrogen) atoms. The van der Waals surface area contributed by atoms with Crippen LogP contribution < -0.4 is 10.6 Å². The summed E-state index contributed by atoms with van der Waals surface area (Å²) in [7, 11) is 0. The first-order valence-corrected chi connectivity index (χ1v) is 8.26. The van der Waals surface area contributed by atoms with E-state index in [9.17, 15) is 0 Å². The lowest BCUT2D eigenvalue weighted by atomic mass is 9.95. The second kappa shape index (κ2) is 6.91. The Labute approximate surface area is 121 Å². The predicted molar refractivity (Wildman–Crippen MR) is 83.0 cm³/mol. The maximum atomic E-state index is 4.63. The van der Waals surface area contributed by atoms with Crippen molar-refractivity contribution in [2.75, 3.05) is 10.6 Å². The van der Waals surface area contributed by atoms with Crippen molar-refractivity contribution in [3.63, 3.8) is 0 Å². The second-order valence-corrected chi connectivity index (χ2v) is 6.22. The van der Waals surface area contributed by atoms with Gasteiger partial charge >= 0.3 is 0 Å². The molecule has 2 saturated carbocycles. The second-order valence-electron chi connectivity index (χ2n) is 6.22. The molecule has 2 fully saturated rings. The van der Waals surface area contributed by atoms with Crippen molar-refractivity contribution in [3.05, 3.63) is 12.3 Å². The van der Waals surface area contributed by atoms with Gasteiger partial charge in [-0.3, -0.25) is 0 Å². The summed E-state index contributed by atoms with van der Waals surface area (Å²) in [6, 6.07) is 3.15. The number of rotatable bonds is 4. The van der Waals surface area contributed by atoms with Crippen LogP contribution in [0.1, 0.15) is 64.2 Å². The van der Waals surface area contributed by atoms with Gasteiger partial charge in [0, 0.05) is 18.3 Å². The molecule has 0 aliphatic heterocycles. The van der Waals surface area contributed by atoms with Crippen molar-refractivity contribution in [1.29, 1.82) is 0 Å². The monoisotopic (exact) mass is 274 g/mol. The summed E-state index contributed by atoms with van der Waals surface area (Å²) in [5, 5.41) is 7.06. The van der Waals surface area contributed by atoms with E-state index in [0.717, 1.165) is 11.8 Å². The molecule has 2 aliphatic rings. The molecule has 4 nitrogen and oxygen atoms in total. The number of nitrogens with zero attached hydrogens (tertiary/aromatic N) is 2. The fourth-order valence-corrected chi connectivity index (χ4v) is 3.39. The van der Waals surface area contributed by atoms with Crippen molar-refractivity contribution in [2.45, 2.75) is 76.3 Å². The summed E-state index contributed by atoms with van der Waals surface area (Å²) in [5.74, 6) is 1.77. The molecule has 2 aliphatic carbocycles. The topological polar surface area (TPSA) is 49.8 Å². The Morgan fingerprint density at radius 3 is 2.05 bits per heavy atom. The Morgan fingerprint density at radius 1 is 0.800 bits per heavy atom. The molecule has 1 aromatic rings. The van der Waals surface area contributed by atoms with Gasteiger partial charge in [0.25, 0.3) is 0 Å². The van der Waals surface area contributed by atoms with E-state index in [4.69, 9.17) is 0 Å². The van der Waals surface area contributed by atoms with Gasteiger partial charge in [0.1, 0.15) is 5.82 Å². The van der Waals surface area contributed by atoms with Gasteiger partial charge in [-0.25, -0.2) is 4.98 Å². The lowest BCUT2D eigenvalue weighted by Crippen LogP contribution is -2.25. The SMILES string of the molecule is c1cc(NC2CCCCC2)nc(NC2CCCCC2)n1. The Balaban J connectivity index is 1.57. The molecule has 4 heteroatoms. The molecule has 1 aromatic heterocycles. The molecule has 0 bridgehead atoms. The Kier molecular flexibility index (Phi) is 4.72. The maximum absolute atomic E-state index is 4.63. The Bertz CT molecular complexity index is 373. The van der Waals surface area contributed by atoms with Crippen molar-refractivity contribution in [3.8, 4) is 0 Å². The normalized spacial score (nSPS) is 21.6. The van der Waals surface area contributed by atoms with E-state index in [1.54, 1.807) is 0 Å². The highest BCUT2D eigenvalue weighted by Crippen LogP contribution is 2.22. The predicted octanol–water partition coefficient (Wildman–Crippen LogP) is 3.97. The number of aromatic nitrogens is 2. The van der Waals surface area contributed by atoms with Crippen LogP contribution in [0.4, 0.5) is 11.8 Å². The minimum Gasteiger partial charge on any atom is -0.367 e. The van der Waals surface area contributed by atoms with Gasteiger partial charge in [0.05, 0.1) is 0 Å². The quantitative estimate of drug-likeness (QED) is 0.872. The summed E-state index contributed by atoms with van der Waals surface area (Å²) < 4.78 is 0. The molecule has 0 saturated heterocycles. The van der Waals surface area contributed by atoms with E-state index in [2.05, 4.69) is 20.6 Å². The fourth-order valence-electron chi connectivity index (χ4n) is 3.39. The molecule has 0 radical (unpaired) electrons. The minimum atomic E-state index is 0.564. The zero-order valence-electron chi connectivity index (χ0n) is 12.3. The largest absolute Gasteiger partial charge is 0.367 e. The van der Waals surface area contributed by atoms with E-state index in [1.165, 1.54) is 64.2 Å². The van der Waals surface area contributed by atoms with Crippen LogP contribution in [0, 0.1) is 0 Å². The van der Waals surface area contributed by atoms with Crippen molar-refractivity contribution < 1.29 is 0 Å². The molecule has 2 N–H and O–H groups in total. The molecular weight excluding hydrogens is 248 g/mol. The first-order valence-electron chi connectivity index (χ1n) is 8.26. The highest BCUT2D eigenvalue weighted by molar-refractivity contribution is 5.40. The van der Waals surface area contributed by atoms with Gasteiger partial charge in [0.2, 0.25) is 5.95 Å². The molecule has 0 aromatic carbocycles. The van der Waals surface area contributed by atoms with Crippen LogP contribution in [0.15, 0.2) is 12.3 Å². The van der Waals surface area contributed by atoms with E-state index in [1.807, 2.05) is 12.3 Å². The number of hydrogen-bond donors (Lipinski definition) is 2. The molecule has 3 rings (SSSR count). The smallest absolute Gasteiger partial charge is 0.224 e. The summed E-state index contributed by atoms with van der Waals surface area (Å²) in [6.45, 7) is 0. The summed E-state index contributed by atoms with van der Waals surface area (Å²) in [5.41, 5.74) is 0. The van der Waals surface area contributed by atoms with Crippen LogP contribution in [0.3, 0.4) is 0 Å². The van der Waals surface area contributed by atoms with Crippen molar-refractivity contribution in [1.82, 2.24) is 9.97 Å². The lowest BCUT2D eigenvalue weighted by molar-refractivity contribution is 0.459. The van der Waals surface area contributed by atoms with Crippen molar-refractivity contribution in [2.24, 2.45) is 0 Å². The highest BCUT2D eigenvalue weighted by Gasteiger charge is 2.16. The summed E-state index contributed by atoms with van der Waals surface area (Å²) in [6.07, 6.45) is 15.0. The molecule has 0 atom stereocenters. The average Bonchev–Trinajstić information content (AvgIpc) is 2.50. The third kappa shape index (κ3) is 3.84. The van der Waals surface area contributed by atoms with E-state index >= 15 is 0 Å². The van der Waals surface area contributed by atoms with Crippen LogP contribution in [0.25, 0.3) is 0 Å². The van der Waals surface area contributed by atoms with Crippen molar-refractivity contribution >= 4 is 11.8 Å². The molecule has 110 valence electrons. The van der Waals surface area contributed by atoms with Crippen LogP contribution in [-0.4, -0.2) is 22.1 Å². The first kappa shape index (κ1) is 13.7. The maximum Gasteiger partial charge on any atom is 0.224 e. The van der Waals surface area contributed by atoms with E-state index < -0.39 is 0 Å². The van der Waals surface area contributed by atoms with E-state index in [0.29, 0.717) is 12.1 Å². The van der Waals surface area contributed by atoms with Crippen LogP contribution >= 0.6 is 0 Å². The first-order chi connectivity index (χ1) is 9.90. The Morgan fingerprint density at radius 2 is 1.40 bits per heavy atom. The highest BCUT2D eigenvalue weighted by atomic mass is 15.2. The van der Waals surface area contributed by atoms with E-state index in [-0.39, 0.29) is 0 Å². The molecule has 0 unspecified atom stereocenters. The molecule has 0 amide bonds. The van der Waals surface area contributed by atoms with Crippen LogP contribution in [0.5, 0.6) is 0 Å². The van der Waals surface area contributed by atoms with Gasteiger partial charge in [0.15, 0.2) is 0 Å². The minimum absolute atomic E-state index is 0.564. The number of hydrogen-bond acceptors (Lipinski definition) is 4. The third-order valence-corrected chi connectivity index (χ3v) is 4.55. The van der Waals surface area contributed by atoms with Crippen LogP contribution in [-0.2, 0) is 0 Å². The standard InChI is InChI=1S/C16H26N4/c1-3-7-13(8-4-1)18-15-11-12-17-16(20-15)19-14-9-5-2-6-10-14/h11-14H,1-10H2,(H2,17,18,19,20). The van der Waals surface area contributed by atoms with Gasteiger partial charge in [-0.15, -0.1) is 0 Å². The van der Waals surface area contributed by atoms with Gasteiger partial charge in [-0.1, -0.05) is 38.5 Å². The van der Waals surface area contributed by atoms with Gasteiger partial charge < -0.3 is 10.6 Å². The zero-order chi connectivity index (χ0) is 13.6. The zero-order valence-corrected chi connectivity index (χ0v) is 12.3.